The van der Waals surface area contributed by atoms with Gasteiger partial charge in [-0.25, -0.2) is 13.1 Å². The Morgan fingerprint density at radius 2 is 2.00 bits per heavy atom. The first kappa shape index (κ1) is 16.3. The van der Waals surface area contributed by atoms with Gasteiger partial charge in [0.15, 0.2) is 0 Å². The van der Waals surface area contributed by atoms with Crippen LogP contribution in [0.2, 0.25) is 0 Å². The summed E-state index contributed by atoms with van der Waals surface area (Å²) < 4.78 is 32.2. The van der Waals surface area contributed by atoms with Crippen molar-refractivity contribution in [1.82, 2.24) is 4.72 Å². The molecule has 0 aliphatic carbocycles. The molecule has 0 aromatic heterocycles. The highest BCUT2D eigenvalue weighted by atomic mass is 32.2. The van der Waals surface area contributed by atoms with Crippen molar-refractivity contribution in [3.05, 3.63) is 24.3 Å². The molecule has 0 saturated carbocycles. The number of ether oxygens (including phenoxy) is 1. The third-order valence-corrected chi connectivity index (χ3v) is 5.34. The summed E-state index contributed by atoms with van der Waals surface area (Å²) in [6.07, 6.45) is 2.01. The molecule has 1 fully saturated rings. The lowest BCUT2D eigenvalue weighted by Crippen LogP contribution is -2.37. The molecule has 21 heavy (non-hydrogen) atoms. The SMILES string of the molecule is CNS(=O)(=O)c1ccccc1NC1CCOC(C(C)C)C1. The average molecular weight is 312 g/mol. The van der Waals surface area contributed by atoms with Crippen LogP contribution in [-0.4, -0.2) is 34.2 Å². The van der Waals surface area contributed by atoms with Crippen molar-refractivity contribution in [3.8, 4) is 0 Å². The molecule has 2 N–H and O–H groups in total. The Labute approximate surface area is 127 Å². The van der Waals surface area contributed by atoms with Crippen molar-refractivity contribution < 1.29 is 13.2 Å². The molecule has 1 aromatic rings. The van der Waals surface area contributed by atoms with Gasteiger partial charge in [-0.1, -0.05) is 26.0 Å². The number of hydrogen-bond donors (Lipinski definition) is 2. The first-order chi connectivity index (χ1) is 9.94. The molecule has 1 aromatic carbocycles. The van der Waals surface area contributed by atoms with Crippen LogP contribution in [0.25, 0.3) is 0 Å². The van der Waals surface area contributed by atoms with Crippen molar-refractivity contribution in [2.75, 3.05) is 19.0 Å². The Hall–Kier alpha value is -1.11. The van der Waals surface area contributed by atoms with Crippen LogP contribution in [-0.2, 0) is 14.8 Å². The van der Waals surface area contributed by atoms with Gasteiger partial charge in [0.1, 0.15) is 4.90 Å². The summed E-state index contributed by atoms with van der Waals surface area (Å²) in [4.78, 5) is 0.292. The van der Waals surface area contributed by atoms with E-state index in [1.54, 1.807) is 12.1 Å². The monoisotopic (exact) mass is 312 g/mol. The standard InChI is InChI=1S/C15H24N2O3S/c1-11(2)14-10-12(8-9-20-14)17-13-6-4-5-7-15(13)21(18,19)16-3/h4-7,11-12,14,16-17H,8-10H2,1-3H3. The van der Waals surface area contributed by atoms with E-state index in [9.17, 15) is 8.42 Å². The van der Waals surface area contributed by atoms with E-state index in [1.165, 1.54) is 7.05 Å². The smallest absolute Gasteiger partial charge is 0.242 e. The van der Waals surface area contributed by atoms with Crippen molar-refractivity contribution in [2.45, 2.75) is 43.7 Å². The number of rotatable bonds is 5. The van der Waals surface area contributed by atoms with Crippen molar-refractivity contribution in [3.63, 3.8) is 0 Å². The van der Waals surface area contributed by atoms with E-state index >= 15 is 0 Å². The molecule has 6 heteroatoms. The molecule has 2 unspecified atom stereocenters. The van der Waals surface area contributed by atoms with Gasteiger partial charge in [-0.2, -0.15) is 0 Å². The molecule has 5 nitrogen and oxygen atoms in total. The summed E-state index contributed by atoms with van der Waals surface area (Å²) in [6.45, 7) is 5.00. The summed E-state index contributed by atoms with van der Waals surface area (Å²) in [6, 6.07) is 7.24. The minimum absolute atomic E-state index is 0.226. The Morgan fingerprint density at radius 1 is 1.29 bits per heavy atom. The predicted molar refractivity (Wildman–Crippen MR) is 83.9 cm³/mol. The first-order valence-corrected chi connectivity index (χ1v) is 8.83. The van der Waals surface area contributed by atoms with Crippen LogP contribution in [0, 0.1) is 5.92 Å². The van der Waals surface area contributed by atoms with E-state index in [4.69, 9.17) is 4.74 Å². The molecular formula is C15H24N2O3S. The Kier molecular flexibility index (Phi) is 5.24. The lowest BCUT2D eigenvalue weighted by Gasteiger charge is -2.33. The van der Waals surface area contributed by atoms with E-state index in [2.05, 4.69) is 23.9 Å². The molecule has 1 saturated heterocycles. The van der Waals surface area contributed by atoms with Gasteiger partial charge in [0.2, 0.25) is 10.0 Å². The van der Waals surface area contributed by atoms with Gasteiger partial charge in [-0.15, -0.1) is 0 Å². The van der Waals surface area contributed by atoms with Gasteiger partial charge in [0, 0.05) is 12.6 Å². The molecule has 2 rings (SSSR count). The van der Waals surface area contributed by atoms with Gasteiger partial charge in [0.25, 0.3) is 0 Å². The third-order valence-electron chi connectivity index (χ3n) is 3.86. The molecule has 0 bridgehead atoms. The van der Waals surface area contributed by atoms with E-state index in [1.807, 2.05) is 12.1 Å². The fourth-order valence-electron chi connectivity index (χ4n) is 2.57. The number of sulfonamides is 1. The Bertz CT molecular complexity index is 572. The van der Waals surface area contributed by atoms with Crippen LogP contribution < -0.4 is 10.0 Å². The molecule has 1 aliphatic heterocycles. The molecule has 0 radical (unpaired) electrons. The average Bonchev–Trinajstić information content (AvgIpc) is 2.48. The molecule has 1 aliphatic rings. The second-order valence-electron chi connectivity index (χ2n) is 5.72. The number of anilines is 1. The molecule has 0 spiro atoms. The largest absolute Gasteiger partial charge is 0.381 e. The highest BCUT2D eigenvalue weighted by Crippen LogP contribution is 2.26. The van der Waals surface area contributed by atoms with Crippen LogP contribution in [0.1, 0.15) is 26.7 Å². The van der Waals surface area contributed by atoms with E-state index in [0.717, 1.165) is 12.8 Å². The van der Waals surface area contributed by atoms with Crippen LogP contribution >= 0.6 is 0 Å². The minimum Gasteiger partial charge on any atom is -0.381 e. The quantitative estimate of drug-likeness (QED) is 0.875. The fourth-order valence-corrected chi connectivity index (χ4v) is 3.47. The van der Waals surface area contributed by atoms with Crippen LogP contribution in [0.3, 0.4) is 0 Å². The molecular weight excluding hydrogens is 288 g/mol. The minimum atomic E-state index is -3.45. The van der Waals surface area contributed by atoms with Crippen molar-refractivity contribution in [2.24, 2.45) is 5.92 Å². The summed E-state index contributed by atoms with van der Waals surface area (Å²) in [7, 11) is -2.03. The summed E-state index contributed by atoms with van der Waals surface area (Å²) in [5.74, 6) is 0.464. The van der Waals surface area contributed by atoms with Gasteiger partial charge >= 0.3 is 0 Å². The topological polar surface area (TPSA) is 67.4 Å². The second kappa shape index (κ2) is 6.77. The normalized spacial score (nSPS) is 23.2. The Balaban J connectivity index is 2.17. The number of benzene rings is 1. The van der Waals surface area contributed by atoms with Gasteiger partial charge in [0.05, 0.1) is 11.8 Å². The zero-order valence-corrected chi connectivity index (χ0v) is 13.6. The fraction of sp³-hybridized carbons (Fsp3) is 0.600. The molecule has 2 atom stereocenters. The van der Waals surface area contributed by atoms with Crippen molar-refractivity contribution in [1.29, 1.82) is 0 Å². The van der Waals surface area contributed by atoms with Crippen LogP contribution in [0.4, 0.5) is 5.69 Å². The van der Waals surface area contributed by atoms with E-state index in [0.29, 0.717) is 23.1 Å². The highest BCUT2D eigenvalue weighted by Gasteiger charge is 2.26. The van der Waals surface area contributed by atoms with Crippen LogP contribution in [0.15, 0.2) is 29.2 Å². The summed E-state index contributed by atoms with van der Waals surface area (Å²) in [5, 5.41) is 3.38. The highest BCUT2D eigenvalue weighted by molar-refractivity contribution is 7.89. The maximum Gasteiger partial charge on any atom is 0.242 e. The number of nitrogens with one attached hydrogen (secondary N) is 2. The molecule has 118 valence electrons. The zero-order chi connectivity index (χ0) is 15.5. The lowest BCUT2D eigenvalue weighted by atomic mass is 9.95. The second-order valence-corrected chi connectivity index (χ2v) is 7.58. The lowest BCUT2D eigenvalue weighted by molar-refractivity contribution is -0.0161. The first-order valence-electron chi connectivity index (χ1n) is 7.34. The van der Waals surface area contributed by atoms with Crippen molar-refractivity contribution >= 4 is 15.7 Å². The van der Waals surface area contributed by atoms with E-state index < -0.39 is 10.0 Å². The maximum absolute atomic E-state index is 12.1. The third kappa shape index (κ3) is 3.96. The summed E-state index contributed by atoms with van der Waals surface area (Å²) in [5.41, 5.74) is 0.654. The predicted octanol–water partition coefficient (Wildman–Crippen LogP) is 2.21. The zero-order valence-electron chi connectivity index (χ0n) is 12.8. The Morgan fingerprint density at radius 3 is 2.67 bits per heavy atom. The molecule has 1 heterocycles. The van der Waals surface area contributed by atoms with Gasteiger partial charge < -0.3 is 10.1 Å². The number of hydrogen-bond acceptors (Lipinski definition) is 4. The maximum atomic E-state index is 12.1. The summed E-state index contributed by atoms with van der Waals surface area (Å²) >= 11 is 0. The van der Waals surface area contributed by atoms with Crippen LogP contribution in [0.5, 0.6) is 0 Å². The van der Waals surface area contributed by atoms with E-state index in [-0.39, 0.29) is 12.1 Å². The van der Waals surface area contributed by atoms with Gasteiger partial charge in [-0.05, 0) is 37.9 Å². The number of para-hydroxylation sites is 1. The molecule has 0 amide bonds. The van der Waals surface area contributed by atoms with Gasteiger partial charge in [-0.3, -0.25) is 0 Å².